The minimum atomic E-state index is -0.0855. The number of rotatable bonds is 6. The molecular weight excluding hydrogens is 316 g/mol. The monoisotopic (exact) mass is 340 g/mol. The van der Waals surface area contributed by atoms with Gasteiger partial charge >= 0.3 is 6.03 Å². The van der Waals surface area contributed by atoms with Crippen molar-refractivity contribution >= 4 is 11.8 Å². The van der Waals surface area contributed by atoms with Gasteiger partial charge in [0.25, 0.3) is 0 Å². The minimum absolute atomic E-state index is 0.0855. The van der Waals surface area contributed by atoms with E-state index in [1.165, 1.54) is 11.9 Å². The van der Waals surface area contributed by atoms with Gasteiger partial charge in [-0.15, -0.1) is 0 Å². The zero-order valence-corrected chi connectivity index (χ0v) is 14.5. The van der Waals surface area contributed by atoms with E-state index in [4.69, 9.17) is 4.74 Å². The Morgan fingerprint density at radius 2 is 2.16 bits per heavy atom. The van der Waals surface area contributed by atoms with Gasteiger partial charge in [-0.3, -0.25) is 5.32 Å². The number of anilines is 1. The Morgan fingerprint density at radius 1 is 1.32 bits per heavy atom. The standard InChI is InChI=1S/C19H24N4O2/c1-25-13-16-12-18(21-14-20-16)22-19(24)23-11-5-8-17(23)10-9-15-6-3-2-4-7-15/h2-4,6-7,12,14,17H,5,8-11,13H2,1H3,(H,20,21,22,24). The molecule has 0 radical (unpaired) electrons. The lowest BCUT2D eigenvalue weighted by Crippen LogP contribution is -2.39. The fraction of sp³-hybridized carbons (Fsp3) is 0.421. The number of likely N-dealkylation sites (tertiary alicyclic amines) is 1. The Bertz CT molecular complexity index is 693. The number of aromatic nitrogens is 2. The van der Waals surface area contributed by atoms with E-state index in [-0.39, 0.29) is 12.1 Å². The molecule has 6 heteroatoms. The third kappa shape index (κ3) is 4.76. The maximum Gasteiger partial charge on any atom is 0.323 e. The lowest BCUT2D eigenvalue weighted by molar-refractivity contribution is 0.181. The van der Waals surface area contributed by atoms with Crippen LogP contribution in [0.1, 0.15) is 30.5 Å². The van der Waals surface area contributed by atoms with E-state index in [0.29, 0.717) is 12.4 Å². The molecule has 3 rings (SSSR count). The van der Waals surface area contributed by atoms with Crippen LogP contribution in [0.15, 0.2) is 42.7 Å². The van der Waals surface area contributed by atoms with Gasteiger partial charge < -0.3 is 9.64 Å². The van der Waals surface area contributed by atoms with E-state index in [9.17, 15) is 4.79 Å². The van der Waals surface area contributed by atoms with E-state index in [2.05, 4.69) is 39.6 Å². The summed E-state index contributed by atoms with van der Waals surface area (Å²) in [5.41, 5.74) is 2.06. The van der Waals surface area contributed by atoms with Crippen molar-refractivity contribution in [2.45, 2.75) is 38.3 Å². The average molecular weight is 340 g/mol. The van der Waals surface area contributed by atoms with Crippen LogP contribution in [0.5, 0.6) is 0 Å². The van der Waals surface area contributed by atoms with Crippen LogP contribution in [0.3, 0.4) is 0 Å². The number of urea groups is 1. The first-order valence-corrected chi connectivity index (χ1v) is 8.67. The van der Waals surface area contributed by atoms with Gasteiger partial charge in [0, 0.05) is 25.8 Å². The molecule has 1 atom stereocenters. The molecule has 0 aliphatic carbocycles. The van der Waals surface area contributed by atoms with Crippen LogP contribution >= 0.6 is 0 Å². The SMILES string of the molecule is COCc1cc(NC(=O)N2CCCC2CCc2ccccc2)ncn1. The van der Waals surface area contributed by atoms with Gasteiger partial charge in [0.2, 0.25) is 0 Å². The first kappa shape index (κ1) is 17.4. The van der Waals surface area contributed by atoms with Crippen molar-refractivity contribution in [1.29, 1.82) is 0 Å². The lowest BCUT2D eigenvalue weighted by Gasteiger charge is -2.25. The van der Waals surface area contributed by atoms with E-state index in [0.717, 1.165) is 37.9 Å². The van der Waals surface area contributed by atoms with Crippen molar-refractivity contribution in [3.8, 4) is 0 Å². The summed E-state index contributed by atoms with van der Waals surface area (Å²) in [5.74, 6) is 0.515. The molecule has 1 aliphatic rings. The number of hydrogen-bond acceptors (Lipinski definition) is 4. The van der Waals surface area contributed by atoms with Crippen LogP contribution < -0.4 is 5.32 Å². The summed E-state index contributed by atoms with van der Waals surface area (Å²) in [6.07, 6.45) is 5.52. The molecule has 2 heterocycles. The molecule has 1 unspecified atom stereocenters. The predicted molar refractivity (Wildman–Crippen MR) is 96.3 cm³/mol. The summed E-state index contributed by atoms with van der Waals surface area (Å²) < 4.78 is 5.07. The summed E-state index contributed by atoms with van der Waals surface area (Å²) in [6, 6.07) is 12.4. The smallest absolute Gasteiger partial charge is 0.323 e. The minimum Gasteiger partial charge on any atom is -0.378 e. The summed E-state index contributed by atoms with van der Waals surface area (Å²) in [4.78, 5) is 22.8. The fourth-order valence-electron chi connectivity index (χ4n) is 3.26. The number of methoxy groups -OCH3 is 1. The molecule has 0 spiro atoms. The Hall–Kier alpha value is -2.47. The molecule has 25 heavy (non-hydrogen) atoms. The number of nitrogens with one attached hydrogen (secondary N) is 1. The maximum absolute atomic E-state index is 12.6. The number of ether oxygens (including phenoxy) is 1. The molecule has 2 amide bonds. The van der Waals surface area contributed by atoms with Crippen LogP contribution in [-0.2, 0) is 17.8 Å². The van der Waals surface area contributed by atoms with E-state index < -0.39 is 0 Å². The average Bonchev–Trinajstić information content (AvgIpc) is 3.10. The van der Waals surface area contributed by atoms with Crippen LogP contribution in [0, 0.1) is 0 Å². The predicted octanol–water partition coefficient (Wildman–Crippen LogP) is 3.25. The van der Waals surface area contributed by atoms with Gasteiger partial charge in [0.05, 0.1) is 12.3 Å². The molecule has 1 aromatic heterocycles. The lowest BCUT2D eigenvalue weighted by atomic mass is 10.0. The van der Waals surface area contributed by atoms with Gasteiger partial charge in [0.15, 0.2) is 0 Å². The number of aryl methyl sites for hydroxylation is 1. The highest BCUT2D eigenvalue weighted by molar-refractivity contribution is 5.88. The number of carbonyl (C=O) groups is 1. The normalized spacial score (nSPS) is 16.8. The number of amides is 2. The van der Waals surface area contributed by atoms with Crippen molar-refractivity contribution in [3.05, 3.63) is 54.0 Å². The molecule has 2 aromatic rings. The Kier molecular flexibility index (Phi) is 5.95. The van der Waals surface area contributed by atoms with Crippen LogP contribution in [0.25, 0.3) is 0 Å². The largest absolute Gasteiger partial charge is 0.378 e. The van der Waals surface area contributed by atoms with Crippen molar-refractivity contribution in [1.82, 2.24) is 14.9 Å². The molecule has 132 valence electrons. The van der Waals surface area contributed by atoms with Gasteiger partial charge in [-0.05, 0) is 31.2 Å². The van der Waals surface area contributed by atoms with Crippen LogP contribution in [0.2, 0.25) is 0 Å². The van der Waals surface area contributed by atoms with E-state index in [1.54, 1.807) is 13.2 Å². The van der Waals surface area contributed by atoms with Crippen LogP contribution in [0.4, 0.5) is 10.6 Å². The van der Waals surface area contributed by atoms with Gasteiger partial charge in [-0.1, -0.05) is 30.3 Å². The van der Waals surface area contributed by atoms with Gasteiger partial charge in [-0.2, -0.15) is 0 Å². The summed E-state index contributed by atoms with van der Waals surface area (Å²) in [6.45, 7) is 1.19. The molecular formula is C19H24N4O2. The number of carbonyl (C=O) groups excluding carboxylic acids is 1. The number of nitrogens with zero attached hydrogens (tertiary/aromatic N) is 3. The quantitative estimate of drug-likeness (QED) is 0.876. The molecule has 1 aliphatic heterocycles. The highest BCUT2D eigenvalue weighted by Gasteiger charge is 2.28. The molecule has 0 bridgehead atoms. The molecule has 1 aromatic carbocycles. The van der Waals surface area contributed by atoms with Crippen LogP contribution in [-0.4, -0.2) is 40.6 Å². The molecule has 6 nitrogen and oxygen atoms in total. The summed E-state index contributed by atoms with van der Waals surface area (Å²) in [7, 11) is 1.61. The van der Waals surface area contributed by atoms with E-state index >= 15 is 0 Å². The number of benzene rings is 1. The van der Waals surface area contributed by atoms with Gasteiger partial charge in [0.1, 0.15) is 12.1 Å². The third-order valence-corrected chi connectivity index (χ3v) is 4.50. The maximum atomic E-state index is 12.6. The second kappa shape index (κ2) is 8.58. The molecule has 1 fully saturated rings. The van der Waals surface area contributed by atoms with Crippen molar-refractivity contribution in [2.24, 2.45) is 0 Å². The van der Waals surface area contributed by atoms with Crippen molar-refractivity contribution in [2.75, 3.05) is 19.0 Å². The van der Waals surface area contributed by atoms with Crippen molar-refractivity contribution in [3.63, 3.8) is 0 Å². The summed E-state index contributed by atoms with van der Waals surface area (Å²) >= 11 is 0. The highest BCUT2D eigenvalue weighted by atomic mass is 16.5. The zero-order valence-electron chi connectivity index (χ0n) is 14.5. The molecule has 1 saturated heterocycles. The third-order valence-electron chi connectivity index (χ3n) is 4.50. The second-order valence-corrected chi connectivity index (χ2v) is 6.27. The van der Waals surface area contributed by atoms with Gasteiger partial charge in [-0.25, -0.2) is 14.8 Å². The molecule has 0 saturated carbocycles. The molecule has 1 N–H and O–H groups in total. The zero-order chi connectivity index (χ0) is 17.5. The van der Waals surface area contributed by atoms with Crippen molar-refractivity contribution < 1.29 is 9.53 Å². The topological polar surface area (TPSA) is 67.3 Å². The first-order chi connectivity index (χ1) is 12.3. The number of hydrogen-bond donors (Lipinski definition) is 1. The second-order valence-electron chi connectivity index (χ2n) is 6.27. The van der Waals surface area contributed by atoms with E-state index in [1.807, 2.05) is 11.0 Å². The Labute approximate surface area is 148 Å². The first-order valence-electron chi connectivity index (χ1n) is 8.67. The highest BCUT2D eigenvalue weighted by Crippen LogP contribution is 2.23. The Morgan fingerprint density at radius 3 is 2.96 bits per heavy atom. The summed E-state index contributed by atoms with van der Waals surface area (Å²) in [5, 5.41) is 2.89. The fourth-order valence-corrected chi connectivity index (χ4v) is 3.26. The Balaban J connectivity index is 1.58.